The van der Waals surface area contributed by atoms with Gasteiger partial charge < -0.3 is 4.90 Å². The fourth-order valence-electron chi connectivity index (χ4n) is 7.02. The van der Waals surface area contributed by atoms with Gasteiger partial charge in [-0.05, 0) is 29.7 Å². The normalized spacial score (nSPS) is 21.5. The number of hydrogen-bond donors (Lipinski definition) is 0. The second kappa shape index (κ2) is 8.93. The van der Waals surface area contributed by atoms with Gasteiger partial charge in [0.1, 0.15) is 11.5 Å². The molecule has 3 atom stereocenters. The molecule has 7 nitrogen and oxygen atoms in total. The van der Waals surface area contributed by atoms with Crippen molar-refractivity contribution in [3.8, 4) is 0 Å². The molecule has 0 aromatic heterocycles. The molecule has 7 heteroatoms. The van der Waals surface area contributed by atoms with Crippen LogP contribution in [-0.4, -0.2) is 34.4 Å². The quantitative estimate of drug-likeness (QED) is 0.132. The van der Waals surface area contributed by atoms with Crippen LogP contribution in [0.25, 0.3) is 6.08 Å². The molecule has 3 aliphatic rings. The molecule has 41 heavy (non-hydrogen) atoms. The summed E-state index contributed by atoms with van der Waals surface area (Å²) in [6.07, 6.45) is 3.79. The van der Waals surface area contributed by atoms with Gasteiger partial charge >= 0.3 is 0 Å². The summed E-state index contributed by atoms with van der Waals surface area (Å²) >= 11 is 0. The second-order valence-corrected chi connectivity index (χ2v) is 10.8. The number of anilines is 1. The molecule has 1 aliphatic carbocycles. The zero-order chi connectivity index (χ0) is 28.5. The summed E-state index contributed by atoms with van der Waals surface area (Å²) in [5.74, 6) is -1.80. The number of nitro benzene ring substituents is 1. The van der Waals surface area contributed by atoms with E-state index in [1.165, 1.54) is 12.1 Å². The molecule has 2 heterocycles. The van der Waals surface area contributed by atoms with Crippen molar-refractivity contribution in [2.45, 2.75) is 24.9 Å². The van der Waals surface area contributed by atoms with Crippen LogP contribution in [0.3, 0.4) is 0 Å². The first-order valence-electron chi connectivity index (χ1n) is 13.4. The highest BCUT2D eigenvalue weighted by atomic mass is 16.6. The molecule has 7 rings (SSSR count). The van der Waals surface area contributed by atoms with Crippen molar-refractivity contribution in [2.24, 2.45) is 5.41 Å². The maximum Gasteiger partial charge on any atom is 0.269 e. The molecule has 0 amide bonds. The number of carbonyl (C=O) groups excluding carboxylic acids is 3. The highest BCUT2D eigenvalue weighted by Crippen LogP contribution is 2.61. The molecule has 200 valence electrons. The van der Waals surface area contributed by atoms with E-state index in [2.05, 4.69) is 0 Å². The molecule has 4 aromatic rings. The van der Waals surface area contributed by atoms with Crippen molar-refractivity contribution < 1.29 is 19.3 Å². The lowest BCUT2D eigenvalue weighted by atomic mass is 9.64. The monoisotopic (exact) mass is 540 g/mol. The van der Waals surface area contributed by atoms with Crippen LogP contribution in [0.4, 0.5) is 11.4 Å². The van der Waals surface area contributed by atoms with Crippen LogP contribution in [0.5, 0.6) is 0 Å². The van der Waals surface area contributed by atoms with Crippen LogP contribution in [0, 0.1) is 22.5 Å². The van der Waals surface area contributed by atoms with Crippen molar-refractivity contribution in [1.29, 1.82) is 0 Å². The first-order chi connectivity index (χ1) is 19.8. The van der Waals surface area contributed by atoms with E-state index in [1.54, 1.807) is 60.7 Å². The Morgan fingerprint density at radius 1 is 0.854 bits per heavy atom. The zero-order valence-electron chi connectivity index (χ0n) is 22.1. The SMILES string of the molecule is Cc1ccc2c(c1)N1[C@@H](C=C2)C2(C(=O)c3ccccc3C2=O)[C@@H](c2ccc([N+](=O)[O-])cc2)[C@@H]1C(=O)c1ccccc1. The Balaban J connectivity index is 1.55. The smallest absolute Gasteiger partial charge is 0.269 e. The Labute approximate surface area is 235 Å². The maximum absolute atomic E-state index is 14.6. The van der Waals surface area contributed by atoms with Crippen LogP contribution in [0.2, 0.25) is 0 Å². The van der Waals surface area contributed by atoms with E-state index in [9.17, 15) is 24.5 Å². The van der Waals surface area contributed by atoms with Crippen molar-refractivity contribution in [2.75, 3.05) is 4.90 Å². The fourth-order valence-corrected chi connectivity index (χ4v) is 7.02. The minimum atomic E-state index is -1.65. The van der Waals surface area contributed by atoms with E-state index >= 15 is 0 Å². The third-order valence-corrected chi connectivity index (χ3v) is 8.75. The summed E-state index contributed by atoms with van der Waals surface area (Å²) in [4.78, 5) is 56.8. The topological polar surface area (TPSA) is 97.6 Å². The molecular formula is C34H24N2O5. The van der Waals surface area contributed by atoms with Gasteiger partial charge in [0.15, 0.2) is 17.3 Å². The van der Waals surface area contributed by atoms with Gasteiger partial charge in [0.25, 0.3) is 5.69 Å². The molecular weight excluding hydrogens is 516 g/mol. The summed E-state index contributed by atoms with van der Waals surface area (Å²) in [7, 11) is 0. The predicted octanol–water partition coefficient (Wildman–Crippen LogP) is 6.22. The minimum Gasteiger partial charge on any atom is -0.352 e. The Hall–Kier alpha value is -5.17. The van der Waals surface area contributed by atoms with Gasteiger partial charge in [-0.15, -0.1) is 0 Å². The zero-order valence-corrected chi connectivity index (χ0v) is 22.1. The number of rotatable bonds is 4. The number of nitro groups is 1. The van der Waals surface area contributed by atoms with E-state index in [0.29, 0.717) is 22.3 Å². The average Bonchev–Trinajstić information content (AvgIpc) is 3.43. The van der Waals surface area contributed by atoms with Crippen LogP contribution in [0.15, 0.2) is 103 Å². The van der Waals surface area contributed by atoms with E-state index in [1.807, 2.05) is 48.2 Å². The third kappa shape index (κ3) is 3.35. The summed E-state index contributed by atoms with van der Waals surface area (Å²) in [5.41, 5.74) is 2.52. The van der Waals surface area contributed by atoms with Gasteiger partial charge in [-0.25, -0.2) is 0 Å². The van der Waals surface area contributed by atoms with E-state index in [4.69, 9.17) is 0 Å². The number of aryl methyl sites for hydroxylation is 1. The number of non-ortho nitro benzene ring substituents is 1. The highest BCUT2D eigenvalue weighted by molar-refractivity contribution is 6.32. The van der Waals surface area contributed by atoms with Crippen molar-refractivity contribution in [3.63, 3.8) is 0 Å². The van der Waals surface area contributed by atoms with E-state index in [0.717, 1.165) is 16.8 Å². The Morgan fingerprint density at radius 3 is 2.12 bits per heavy atom. The molecule has 1 fully saturated rings. The summed E-state index contributed by atoms with van der Waals surface area (Å²) in [5, 5.41) is 11.5. The Bertz CT molecular complexity index is 1770. The van der Waals surface area contributed by atoms with Crippen LogP contribution >= 0.6 is 0 Å². The molecule has 1 saturated heterocycles. The summed E-state index contributed by atoms with van der Waals surface area (Å²) < 4.78 is 0. The Morgan fingerprint density at radius 2 is 1.49 bits per heavy atom. The number of hydrogen-bond acceptors (Lipinski definition) is 6. The molecule has 1 spiro atoms. The second-order valence-electron chi connectivity index (χ2n) is 10.8. The van der Waals surface area contributed by atoms with Crippen LogP contribution < -0.4 is 4.90 Å². The molecule has 0 unspecified atom stereocenters. The fraction of sp³-hybridized carbons (Fsp3) is 0.147. The average molecular weight is 541 g/mol. The molecule has 0 radical (unpaired) electrons. The summed E-state index contributed by atoms with van der Waals surface area (Å²) in [6.45, 7) is 1.96. The minimum absolute atomic E-state index is 0.113. The van der Waals surface area contributed by atoms with Crippen LogP contribution in [0.1, 0.15) is 53.7 Å². The van der Waals surface area contributed by atoms with Gasteiger partial charge in [-0.2, -0.15) is 0 Å². The lowest BCUT2D eigenvalue weighted by Gasteiger charge is -2.37. The van der Waals surface area contributed by atoms with Crippen molar-refractivity contribution >= 4 is 34.8 Å². The van der Waals surface area contributed by atoms with Gasteiger partial charge in [-0.3, -0.25) is 24.5 Å². The first-order valence-corrected chi connectivity index (χ1v) is 13.4. The number of carbonyl (C=O) groups is 3. The molecule has 0 saturated carbocycles. The van der Waals surface area contributed by atoms with Crippen LogP contribution in [-0.2, 0) is 0 Å². The molecule has 0 bridgehead atoms. The maximum atomic E-state index is 14.6. The lowest BCUT2D eigenvalue weighted by Crippen LogP contribution is -2.48. The lowest BCUT2D eigenvalue weighted by molar-refractivity contribution is -0.384. The predicted molar refractivity (Wildman–Crippen MR) is 154 cm³/mol. The van der Waals surface area contributed by atoms with Gasteiger partial charge in [0.2, 0.25) is 0 Å². The van der Waals surface area contributed by atoms with Crippen molar-refractivity contribution in [1.82, 2.24) is 0 Å². The molecule has 4 aromatic carbocycles. The third-order valence-electron chi connectivity index (χ3n) is 8.75. The van der Waals surface area contributed by atoms with Gasteiger partial charge in [0, 0.05) is 40.4 Å². The number of benzene rings is 4. The molecule has 0 N–H and O–H groups in total. The number of ketones is 3. The number of nitrogens with zero attached hydrogens (tertiary/aromatic N) is 2. The largest absolute Gasteiger partial charge is 0.352 e. The first kappa shape index (κ1) is 24.8. The van der Waals surface area contributed by atoms with E-state index < -0.39 is 28.3 Å². The number of Topliss-reactive ketones (excluding diaryl/α,β-unsaturated/α-hetero) is 3. The summed E-state index contributed by atoms with van der Waals surface area (Å²) in [6, 6.07) is 25.8. The highest BCUT2D eigenvalue weighted by Gasteiger charge is 2.71. The van der Waals surface area contributed by atoms with Gasteiger partial charge in [0.05, 0.1) is 11.0 Å². The number of fused-ring (bicyclic) bond motifs is 5. The Kier molecular flexibility index (Phi) is 5.41. The van der Waals surface area contributed by atoms with E-state index in [-0.39, 0.29) is 23.0 Å². The van der Waals surface area contributed by atoms with Gasteiger partial charge in [-0.1, -0.05) is 91.0 Å². The standard InChI is InChI=1S/C34H24N2O5/c1-20-11-12-21-15-18-28-34(32(38)25-9-5-6-10-26(25)33(34)39)29(22-13-16-24(17-14-22)36(40)41)30(35(28)27(21)19-20)31(37)23-7-3-2-4-8-23/h2-19,28-30H,1H3/t28-,29-,30+/m0/s1. The molecule has 2 aliphatic heterocycles. The van der Waals surface area contributed by atoms with Crippen molar-refractivity contribution in [3.05, 3.63) is 147 Å².